The van der Waals surface area contributed by atoms with Crippen molar-refractivity contribution in [2.75, 3.05) is 44.0 Å². The summed E-state index contributed by atoms with van der Waals surface area (Å²) in [6.45, 7) is 1.37. The van der Waals surface area contributed by atoms with E-state index >= 15 is 0 Å². The molecule has 112 valence electrons. The number of nitrogen functional groups attached to an aromatic ring is 1. The summed E-state index contributed by atoms with van der Waals surface area (Å²) in [5.74, 6) is 0. The fourth-order valence-corrected chi connectivity index (χ4v) is 2.93. The summed E-state index contributed by atoms with van der Waals surface area (Å²) in [4.78, 5) is 2.03. The van der Waals surface area contributed by atoms with E-state index in [1.54, 1.807) is 6.07 Å². The topological polar surface area (TPSA) is 105 Å². The quantitative estimate of drug-likeness (QED) is 0.640. The van der Waals surface area contributed by atoms with E-state index < -0.39 is 10.0 Å². The molecule has 1 aliphatic rings. The first-order valence-electron chi connectivity index (χ1n) is 6.28. The van der Waals surface area contributed by atoms with Gasteiger partial charge in [-0.05, 0) is 25.2 Å². The molecule has 0 spiro atoms. The van der Waals surface area contributed by atoms with E-state index in [-0.39, 0.29) is 17.5 Å². The molecular formula is C12H19N3O4S. The lowest BCUT2D eigenvalue weighted by atomic mass is 10.1. The van der Waals surface area contributed by atoms with Gasteiger partial charge in [-0.1, -0.05) is 0 Å². The van der Waals surface area contributed by atoms with Gasteiger partial charge in [-0.15, -0.1) is 0 Å². The van der Waals surface area contributed by atoms with Crippen LogP contribution in [-0.4, -0.2) is 53.0 Å². The number of hydrogen-bond acceptors (Lipinski definition) is 6. The number of anilines is 2. The van der Waals surface area contributed by atoms with Crippen LogP contribution in [0.1, 0.15) is 0 Å². The van der Waals surface area contributed by atoms with Crippen LogP contribution in [0, 0.1) is 0 Å². The van der Waals surface area contributed by atoms with E-state index in [1.165, 1.54) is 19.2 Å². The van der Waals surface area contributed by atoms with Crippen LogP contribution in [0.25, 0.3) is 0 Å². The predicted octanol–water partition coefficient (Wildman–Crippen LogP) is -0.626. The molecule has 0 bridgehead atoms. The SMILES string of the molecule is CNS(=O)(=O)c1ccc(N)c(N2CCOCC2CO)c1. The van der Waals surface area contributed by atoms with Crippen LogP contribution in [-0.2, 0) is 14.8 Å². The number of benzene rings is 1. The molecule has 1 aromatic rings. The van der Waals surface area contributed by atoms with Crippen LogP contribution in [0.2, 0.25) is 0 Å². The standard InChI is InChI=1S/C12H19N3O4S/c1-14-20(17,18)10-2-3-11(13)12(6-10)15-4-5-19-8-9(15)7-16/h2-3,6,9,14,16H,4-5,7-8,13H2,1H3. The van der Waals surface area contributed by atoms with Crippen molar-refractivity contribution in [2.45, 2.75) is 10.9 Å². The first-order valence-corrected chi connectivity index (χ1v) is 7.76. The molecular weight excluding hydrogens is 282 g/mol. The largest absolute Gasteiger partial charge is 0.397 e. The van der Waals surface area contributed by atoms with Gasteiger partial charge in [0.25, 0.3) is 0 Å². The Balaban J connectivity index is 2.42. The molecule has 1 atom stereocenters. The number of ether oxygens (including phenoxy) is 1. The van der Waals surface area contributed by atoms with Crippen molar-refractivity contribution >= 4 is 21.4 Å². The van der Waals surface area contributed by atoms with Crippen LogP contribution in [0.4, 0.5) is 11.4 Å². The molecule has 7 nitrogen and oxygen atoms in total. The summed E-state index contributed by atoms with van der Waals surface area (Å²) < 4.78 is 31.3. The molecule has 1 fully saturated rings. The maximum Gasteiger partial charge on any atom is 0.240 e. The smallest absolute Gasteiger partial charge is 0.240 e. The maximum absolute atomic E-state index is 11.9. The van der Waals surface area contributed by atoms with E-state index in [1.807, 2.05) is 4.90 Å². The van der Waals surface area contributed by atoms with Gasteiger partial charge in [0.1, 0.15) is 0 Å². The normalized spacial score (nSPS) is 20.1. The number of aliphatic hydroxyl groups excluding tert-OH is 1. The van der Waals surface area contributed by atoms with Gasteiger partial charge in [-0.3, -0.25) is 0 Å². The summed E-state index contributed by atoms with van der Waals surface area (Å²) in [7, 11) is -2.17. The minimum absolute atomic E-state index is 0.0809. The minimum Gasteiger partial charge on any atom is -0.397 e. The third-order valence-corrected chi connectivity index (χ3v) is 4.74. The fourth-order valence-electron chi connectivity index (χ4n) is 2.18. The summed E-state index contributed by atoms with van der Waals surface area (Å²) >= 11 is 0. The molecule has 4 N–H and O–H groups in total. The maximum atomic E-state index is 11.9. The Morgan fingerprint density at radius 1 is 1.55 bits per heavy atom. The molecule has 1 aromatic carbocycles. The number of nitrogens with one attached hydrogen (secondary N) is 1. The second kappa shape index (κ2) is 5.96. The van der Waals surface area contributed by atoms with E-state index in [4.69, 9.17) is 10.5 Å². The molecule has 20 heavy (non-hydrogen) atoms. The Hall–Kier alpha value is -1.35. The summed E-state index contributed by atoms with van der Waals surface area (Å²) in [5, 5.41) is 9.40. The van der Waals surface area contributed by atoms with Gasteiger partial charge in [0, 0.05) is 6.54 Å². The van der Waals surface area contributed by atoms with Crippen LogP contribution in [0.3, 0.4) is 0 Å². The van der Waals surface area contributed by atoms with E-state index in [0.717, 1.165) is 0 Å². The Bertz CT molecular complexity index is 576. The molecule has 1 saturated heterocycles. The zero-order valence-electron chi connectivity index (χ0n) is 11.2. The molecule has 1 unspecified atom stereocenters. The average Bonchev–Trinajstić information content (AvgIpc) is 2.47. The van der Waals surface area contributed by atoms with E-state index in [2.05, 4.69) is 4.72 Å². The van der Waals surface area contributed by atoms with Crippen LogP contribution < -0.4 is 15.4 Å². The van der Waals surface area contributed by atoms with Crippen LogP contribution in [0.5, 0.6) is 0 Å². The summed E-state index contributed by atoms with van der Waals surface area (Å²) in [6.07, 6.45) is 0. The molecule has 0 aromatic heterocycles. The molecule has 8 heteroatoms. The van der Waals surface area contributed by atoms with Crippen molar-refractivity contribution in [2.24, 2.45) is 0 Å². The van der Waals surface area contributed by atoms with Crippen molar-refractivity contribution in [1.29, 1.82) is 0 Å². The molecule has 2 rings (SSSR count). The van der Waals surface area contributed by atoms with Crippen molar-refractivity contribution in [3.63, 3.8) is 0 Å². The van der Waals surface area contributed by atoms with Gasteiger partial charge in [0.05, 0.1) is 42.1 Å². The number of nitrogens with two attached hydrogens (primary N) is 1. The van der Waals surface area contributed by atoms with Crippen LogP contribution in [0.15, 0.2) is 23.1 Å². The molecule has 0 amide bonds. The van der Waals surface area contributed by atoms with Gasteiger partial charge in [0.15, 0.2) is 0 Å². The highest BCUT2D eigenvalue weighted by Crippen LogP contribution is 2.29. The number of rotatable bonds is 4. The highest BCUT2D eigenvalue weighted by molar-refractivity contribution is 7.89. The van der Waals surface area contributed by atoms with E-state index in [0.29, 0.717) is 31.1 Å². The highest BCUT2D eigenvalue weighted by Gasteiger charge is 2.25. The van der Waals surface area contributed by atoms with Crippen molar-refractivity contribution in [3.05, 3.63) is 18.2 Å². The second-order valence-electron chi connectivity index (χ2n) is 4.53. The Morgan fingerprint density at radius 3 is 2.95 bits per heavy atom. The summed E-state index contributed by atoms with van der Waals surface area (Å²) in [5.41, 5.74) is 7.02. The monoisotopic (exact) mass is 301 g/mol. The summed E-state index contributed by atoms with van der Waals surface area (Å²) in [6, 6.07) is 4.32. The number of nitrogens with zero attached hydrogens (tertiary/aromatic N) is 1. The van der Waals surface area contributed by atoms with Gasteiger partial charge < -0.3 is 20.5 Å². The number of sulfonamides is 1. The third-order valence-electron chi connectivity index (χ3n) is 3.33. The lowest BCUT2D eigenvalue weighted by molar-refractivity contribution is 0.0728. The molecule has 0 saturated carbocycles. The van der Waals surface area contributed by atoms with Crippen LogP contribution >= 0.6 is 0 Å². The Kier molecular flexibility index (Phi) is 4.48. The van der Waals surface area contributed by atoms with Gasteiger partial charge in [-0.25, -0.2) is 13.1 Å². The predicted molar refractivity (Wildman–Crippen MR) is 76.1 cm³/mol. The molecule has 1 aliphatic heterocycles. The molecule has 0 aliphatic carbocycles. The van der Waals surface area contributed by atoms with Gasteiger partial charge >= 0.3 is 0 Å². The lowest BCUT2D eigenvalue weighted by Gasteiger charge is -2.37. The van der Waals surface area contributed by atoms with Crippen molar-refractivity contribution in [1.82, 2.24) is 4.72 Å². The highest BCUT2D eigenvalue weighted by atomic mass is 32.2. The lowest BCUT2D eigenvalue weighted by Crippen LogP contribution is -2.48. The van der Waals surface area contributed by atoms with Crippen molar-refractivity contribution in [3.8, 4) is 0 Å². The van der Waals surface area contributed by atoms with Gasteiger partial charge in [0.2, 0.25) is 10.0 Å². The number of hydrogen-bond donors (Lipinski definition) is 3. The second-order valence-corrected chi connectivity index (χ2v) is 6.42. The Morgan fingerprint density at radius 2 is 2.30 bits per heavy atom. The number of morpholine rings is 1. The Labute approximate surface area is 118 Å². The first-order chi connectivity index (χ1) is 9.49. The average molecular weight is 301 g/mol. The first kappa shape index (κ1) is 15.0. The zero-order chi connectivity index (χ0) is 14.8. The minimum atomic E-state index is -3.53. The number of aliphatic hydroxyl groups is 1. The third kappa shape index (κ3) is 2.88. The fraction of sp³-hybridized carbons (Fsp3) is 0.500. The van der Waals surface area contributed by atoms with Crippen molar-refractivity contribution < 1.29 is 18.3 Å². The molecule has 0 radical (unpaired) electrons. The van der Waals surface area contributed by atoms with E-state index in [9.17, 15) is 13.5 Å². The molecule has 1 heterocycles. The zero-order valence-corrected chi connectivity index (χ0v) is 12.1. The van der Waals surface area contributed by atoms with Gasteiger partial charge in [-0.2, -0.15) is 0 Å².